The summed E-state index contributed by atoms with van der Waals surface area (Å²) in [6, 6.07) is 14.2. The maximum Gasteiger partial charge on any atom is 0.225 e. The summed E-state index contributed by atoms with van der Waals surface area (Å²) < 4.78 is 1.61. The van der Waals surface area contributed by atoms with E-state index in [0.717, 1.165) is 5.69 Å². The monoisotopic (exact) mass is 393 g/mol. The Morgan fingerprint density at radius 1 is 1.04 bits per heavy atom. The van der Waals surface area contributed by atoms with Crippen LogP contribution in [0.25, 0.3) is 5.69 Å². The lowest BCUT2D eigenvalue weighted by Crippen LogP contribution is -2.12. The van der Waals surface area contributed by atoms with Crippen molar-refractivity contribution >= 4 is 46.6 Å². The van der Waals surface area contributed by atoms with Gasteiger partial charge in [0.25, 0.3) is 0 Å². The van der Waals surface area contributed by atoms with Gasteiger partial charge < -0.3 is 5.32 Å². The van der Waals surface area contributed by atoms with Gasteiger partial charge in [0.1, 0.15) is 0 Å². The van der Waals surface area contributed by atoms with Gasteiger partial charge in [-0.2, -0.15) is 4.68 Å². The number of anilines is 1. The maximum atomic E-state index is 12.0. The highest BCUT2D eigenvalue weighted by Crippen LogP contribution is 2.20. The SMILES string of the molecule is O=C(CCSc1nnnn1-c1ccc(Cl)cc1)Nc1ccc(Cl)cc1. The largest absolute Gasteiger partial charge is 0.326 e. The minimum atomic E-state index is -0.0830. The van der Waals surface area contributed by atoms with E-state index in [2.05, 4.69) is 20.8 Å². The van der Waals surface area contributed by atoms with E-state index in [9.17, 15) is 4.79 Å². The van der Waals surface area contributed by atoms with Crippen molar-refractivity contribution in [1.29, 1.82) is 0 Å². The topological polar surface area (TPSA) is 72.7 Å². The van der Waals surface area contributed by atoms with E-state index in [1.54, 1.807) is 41.1 Å². The Bertz CT molecular complexity index is 852. The molecular weight excluding hydrogens is 381 g/mol. The molecule has 9 heteroatoms. The van der Waals surface area contributed by atoms with Gasteiger partial charge in [-0.05, 0) is 59.0 Å². The minimum Gasteiger partial charge on any atom is -0.326 e. The van der Waals surface area contributed by atoms with Gasteiger partial charge >= 0.3 is 0 Å². The molecule has 0 unspecified atom stereocenters. The third kappa shape index (κ3) is 4.94. The number of amides is 1. The second-order valence-electron chi connectivity index (χ2n) is 5.00. The molecule has 128 valence electrons. The zero-order valence-electron chi connectivity index (χ0n) is 12.9. The Balaban J connectivity index is 1.54. The lowest BCUT2D eigenvalue weighted by atomic mass is 10.3. The number of carbonyl (C=O) groups is 1. The molecule has 0 aliphatic rings. The van der Waals surface area contributed by atoms with Gasteiger partial charge in [0, 0.05) is 27.9 Å². The quantitative estimate of drug-likeness (QED) is 0.638. The molecule has 0 aliphatic carbocycles. The number of nitrogens with one attached hydrogen (secondary N) is 1. The van der Waals surface area contributed by atoms with Crippen LogP contribution < -0.4 is 5.32 Å². The summed E-state index contributed by atoms with van der Waals surface area (Å²) in [6.07, 6.45) is 0.334. The summed E-state index contributed by atoms with van der Waals surface area (Å²) >= 11 is 13.1. The van der Waals surface area contributed by atoms with E-state index < -0.39 is 0 Å². The van der Waals surface area contributed by atoms with Crippen LogP contribution in [0.5, 0.6) is 0 Å². The fourth-order valence-electron chi connectivity index (χ4n) is 2.00. The van der Waals surface area contributed by atoms with Crippen molar-refractivity contribution in [3.05, 3.63) is 58.6 Å². The molecule has 1 N–H and O–H groups in total. The number of tetrazole rings is 1. The van der Waals surface area contributed by atoms with Crippen LogP contribution in [0.3, 0.4) is 0 Å². The summed E-state index contributed by atoms with van der Waals surface area (Å²) in [5.74, 6) is 0.466. The molecule has 0 saturated heterocycles. The molecule has 1 amide bonds. The predicted molar refractivity (Wildman–Crippen MR) is 99.6 cm³/mol. The van der Waals surface area contributed by atoms with Crippen LogP contribution in [-0.4, -0.2) is 31.9 Å². The highest BCUT2D eigenvalue weighted by Gasteiger charge is 2.10. The van der Waals surface area contributed by atoms with Crippen molar-refractivity contribution in [1.82, 2.24) is 20.2 Å². The molecule has 0 bridgehead atoms. The van der Waals surface area contributed by atoms with Crippen molar-refractivity contribution in [3.63, 3.8) is 0 Å². The molecule has 0 radical (unpaired) electrons. The first kappa shape index (κ1) is 17.7. The third-order valence-electron chi connectivity index (χ3n) is 3.20. The van der Waals surface area contributed by atoms with E-state index in [1.807, 2.05) is 12.1 Å². The summed E-state index contributed by atoms with van der Waals surface area (Å²) in [5.41, 5.74) is 1.52. The molecule has 25 heavy (non-hydrogen) atoms. The van der Waals surface area contributed by atoms with Crippen LogP contribution in [0.4, 0.5) is 5.69 Å². The zero-order valence-corrected chi connectivity index (χ0v) is 15.2. The molecule has 0 saturated carbocycles. The van der Waals surface area contributed by atoms with Gasteiger partial charge in [-0.25, -0.2) is 0 Å². The number of rotatable bonds is 6. The lowest BCUT2D eigenvalue weighted by Gasteiger charge is -2.06. The summed E-state index contributed by atoms with van der Waals surface area (Å²) in [4.78, 5) is 12.0. The van der Waals surface area contributed by atoms with E-state index in [1.165, 1.54) is 11.8 Å². The Morgan fingerprint density at radius 3 is 2.36 bits per heavy atom. The van der Waals surface area contributed by atoms with Crippen LogP contribution in [0, 0.1) is 0 Å². The Kier molecular flexibility index (Phi) is 5.91. The highest BCUT2D eigenvalue weighted by molar-refractivity contribution is 7.99. The third-order valence-corrected chi connectivity index (χ3v) is 4.63. The van der Waals surface area contributed by atoms with Crippen LogP contribution in [0.1, 0.15) is 6.42 Å². The maximum absolute atomic E-state index is 12.0. The number of thioether (sulfide) groups is 1. The molecule has 1 aromatic heterocycles. The molecule has 0 fully saturated rings. The van der Waals surface area contributed by atoms with Gasteiger partial charge in [-0.15, -0.1) is 5.10 Å². The zero-order chi connectivity index (χ0) is 17.6. The minimum absolute atomic E-state index is 0.0830. The van der Waals surface area contributed by atoms with Gasteiger partial charge in [-0.3, -0.25) is 4.79 Å². The normalized spacial score (nSPS) is 10.6. The van der Waals surface area contributed by atoms with Crippen LogP contribution >= 0.6 is 35.0 Å². The van der Waals surface area contributed by atoms with Gasteiger partial charge in [-0.1, -0.05) is 35.0 Å². The number of benzene rings is 2. The summed E-state index contributed by atoms with van der Waals surface area (Å²) in [5, 5.41) is 16.4. The van der Waals surface area contributed by atoms with Gasteiger partial charge in [0.2, 0.25) is 11.1 Å². The average molecular weight is 394 g/mol. The number of carbonyl (C=O) groups excluding carboxylic acids is 1. The molecule has 0 spiro atoms. The first-order valence-electron chi connectivity index (χ1n) is 7.34. The molecular formula is C16H13Cl2N5OS. The fraction of sp³-hybridized carbons (Fsp3) is 0.125. The van der Waals surface area contributed by atoms with Crippen molar-refractivity contribution in [2.75, 3.05) is 11.1 Å². The number of hydrogen-bond donors (Lipinski definition) is 1. The van der Waals surface area contributed by atoms with Crippen molar-refractivity contribution < 1.29 is 4.79 Å². The van der Waals surface area contributed by atoms with Crippen molar-refractivity contribution in [2.45, 2.75) is 11.6 Å². The second-order valence-corrected chi connectivity index (χ2v) is 6.94. The molecule has 1 heterocycles. The second kappa shape index (κ2) is 8.33. The lowest BCUT2D eigenvalue weighted by molar-refractivity contribution is -0.115. The van der Waals surface area contributed by atoms with Crippen LogP contribution in [0.2, 0.25) is 10.0 Å². The Labute approximate surface area is 158 Å². The highest BCUT2D eigenvalue weighted by atomic mass is 35.5. The van der Waals surface area contributed by atoms with Crippen molar-refractivity contribution in [2.24, 2.45) is 0 Å². The predicted octanol–water partition coefficient (Wildman–Crippen LogP) is 4.09. The number of nitrogens with zero attached hydrogens (tertiary/aromatic N) is 4. The molecule has 6 nitrogen and oxygen atoms in total. The molecule has 3 rings (SSSR count). The Hall–Kier alpha value is -2.09. The van der Waals surface area contributed by atoms with Crippen LogP contribution in [0.15, 0.2) is 53.7 Å². The Morgan fingerprint density at radius 2 is 1.68 bits per heavy atom. The van der Waals surface area contributed by atoms with Gasteiger partial charge in [0.15, 0.2) is 0 Å². The van der Waals surface area contributed by atoms with E-state index in [0.29, 0.717) is 33.1 Å². The first-order chi connectivity index (χ1) is 12.1. The molecule has 3 aromatic rings. The number of halogens is 2. The molecule has 0 aliphatic heterocycles. The summed E-state index contributed by atoms with van der Waals surface area (Å²) in [7, 11) is 0. The molecule has 2 aromatic carbocycles. The van der Waals surface area contributed by atoms with E-state index >= 15 is 0 Å². The van der Waals surface area contributed by atoms with Crippen LogP contribution in [-0.2, 0) is 4.79 Å². The van der Waals surface area contributed by atoms with E-state index in [4.69, 9.17) is 23.2 Å². The van der Waals surface area contributed by atoms with Crippen molar-refractivity contribution in [3.8, 4) is 5.69 Å². The van der Waals surface area contributed by atoms with Gasteiger partial charge in [0.05, 0.1) is 5.69 Å². The summed E-state index contributed by atoms with van der Waals surface area (Å²) in [6.45, 7) is 0. The fourth-order valence-corrected chi connectivity index (χ4v) is 3.09. The average Bonchev–Trinajstić information content (AvgIpc) is 3.06. The van der Waals surface area contributed by atoms with E-state index in [-0.39, 0.29) is 5.91 Å². The smallest absolute Gasteiger partial charge is 0.225 e. The molecule has 0 atom stereocenters. The number of hydrogen-bond acceptors (Lipinski definition) is 5. The first-order valence-corrected chi connectivity index (χ1v) is 9.08. The number of aromatic nitrogens is 4. The standard InChI is InChI=1S/C16H13Cl2N5OS/c17-11-1-5-13(6-2-11)19-15(24)9-10-25-16-20-21-22-23(16)14-7-3-12(18)4-8-14/h1-8H,9-10H2,(H,19,24).